The highest BCUT2D eigenvalue weighted by Crippen LogP contribution is 2.22. The first-order valence-corrected chi connectivity index (χ1v) is 9.32. The zero-order valence-electron chi connectivity index (χ0n) is 16.2. The van der Waals surface area contributed by atoms with Crippen molar-refractivity contribution in [3.8, 4) is 0 Å². The maximum Gasteiger partial charge on any atom is 0.224 e. The monoisotopic (exact) mass is 348 g/mol. The minimum Gasteiger partial charge on any atom is -0.351 e. The van der Waals surface area contributed by atoms with E-state index in [-0.39, 0.29) is 11.4 Å². The summed E-state index contributed by atoms with van der Waals surface area (Å²) in [6, 6.07) is 16.7. The van der Waals surface area contributed by atoms with Crippen LogP contribution >= 0.6 is 0 Å². The normalized spacial score (nSPS) is 11.7. The van der Waals surface area contributed by atoms with Crippen molar-refractivity contribution in [2.45, 2.75) is 52.6 Å². The zero-order chi connectivity index (χ0) is 18.7. The van der Waals surface area contributed by atoms with Gasteiger partial charge in [-0.25, -0.2) is 0 Å². The number of aryl methyl sites for hydroxylation is 2. The third-order valence-electron chi connectivity index (χ3n) is 4.93. The van der Waals surface area contributed by atoms with E-state index in [0.29, 0.717) is 6.42 Å². The highest BCUT2D eigenvalue weighted by atomic mass is 16.1. The number of hydrogen-bond acceptors (Lipinski definition) is 1. The zero-order valence-corrected chi connectivity index (χ0v) is 16.2. The lowest BCUT2D eigenvalue weighted by molar-refractivity contribution is -0.122. The van der Waals surface area contributed by atoms with Gasteiger partial charge in [-0.15, -0.1) is 0 Å². The van der Waals surface area contributed by atoms with Crippen LogP contribution in [0, 0.1) is 6.92 Å². The summed E-state index contributed by atoms with van der Waals surface area (Å²) in [4.78, 5) is 12.7. The van der Waals surface area contributed by atoms with Crippen molar-refractivity contribution >= 4 is 16.8 Å². The molecule has 0 spiro atoms. The van der Waals surface area contributed by atoms with Crippen molar-refractivity contribution in [3.63, 3.8) is 0 Å². The van der Waals surface area contributed by atoms with E-state index >= 15 is 0 Å². The molecule has 0 fully saturated rings. The summed E-state index contributed by atoms with van der Waals surface area (Å²) >= 11 is 0. The number of carbonyl (C=O) groups excluding carboxylic acids is 1. The molecular weight excluding hydrogens is 320 g/mol. The number of para-hydroxylation sites is 1. The third-order valence-corrected chi connectivity index (χ3v) is 4.93. The Morgan fingerprint density at radius 1 is 1.04 bits per heavy atom. The summed E-state index contributed by atoms with van der Waals surface area (Å²) in [5.74, 6) is 0.0718. The molecule has 2 aromatic carbocycles. The van der Waals surface area contributed by atoms with Crippen molar-refractivity contribution in [1.82, 2.24) is 9.88 Å². The fourth-order valence-corrected chi connectivity index (χ4v) is 3.65. The van der Waals surface area contributed by atoms with Crippen LogP contribution in [0.4, 0.5) is 0 Å². The summed E-state index contributed by atoms with van der Waals surface area (Å²) in [5.41, 5.74) is 4.54. The molecule has 0 unspecified atom stereocenters. The Kier molecular flexibility index (Phi) is 5.17. The average molecular weight is 348 g/mol. The fraction of sp³-hybridized carbons (Fsp3) is 0.348. The molecule has 0 atom stereocenters. The molecule has 3 aromatic rings. The largest absolute Gasteiger partial charge is 0.351 e. The fourth-order valence-electron chi connectivity index (χ4n) is 3.65. The molecule has 1 heterocycles. The van der Waals surface area contributed by atoms with Crippen LogP contribution < -0.4 is 5.32 Å². The molecule has 3 rings (SSSR count). The van der Waals surface area contributed by atoms with Gasteiger partial charge in [-0.2, -0.15) is 0 Å². The molecule has 136 valence electrons. The standard InChI is InChI=1S/C23H28N2O/c1-5-25-16-19(20-12-8-9-13-21(20)25)14-22(26)24-23(3,4)15-18-11-7-6-10-17(18)2/h6-13,16H,5,14-15H2,1-4H3,(H,24,26). The smallest absolute Gasteiger partial charge is 0.224 e. The molecule has 3 nitrogen and oxygen atoms in total. The van der Waals surface area contributed by atoms with E-state index in [9.17, 15) is 4.79 Å². The molecule has 0 aliphatic carbocycles. The Bertz CT molecular complexity index is 921. The van der Waals surface area contributed by atoms with E-state index in [1.54, 1.807) is 0 Å². The number of carbonyl (C=O) groups is 1. The van der Waals surface area contributed by atoms with E-state index in [2.05, 4.69) is 74.1 Å². The number of nitrogens with one attached hydrogen (secondary N) is 1. The van der Waals surface area contributed by atoms with Gasteiger partial charge in [-0.3, -0.25) is 4.79 Å². The highest BCUT2D eigenvalue weighted by molar-refractivity contribution is 5.89. The minimum absolute atomic E-state index is 0.0718. The second kappa shape index (κ2) is 7.36. The van der Waals surface area contributed by atoms with Crippen molar-refractivity contribution in [2.24, 2.45) is 0 Å². The van der Waals surface area contributed by atoms with Crippen LogP contribution in [0.1, 0.15) is 37.5 Å². The Morgan fingerprint density at radius 2 is 1.73 bits per heavy atom. The van der Waals surface area contributed by atoms with Crippen LogP contribution in [0.15, 0.2) is 54.7 Å². The topological polar surface area (TPSA) is 34.0 Å². The molecule has 0 bridgehead atoms. The summed E-state index contributed by atoms with van der Waals surface area (Å²) in [7, 11) is 0. The molecule has 0 saturated carbocycles. The number of aromatic nitrogens is 1. The molecule has 0 aliphatic heterocycles. The van der Waals surface area contributed by atoms with Crippen LogP contribution in [0.3, 0.4) is 0 Å². The van der Waals surface area contributed by atoms with Crippen molar-refractivity contribution in [3.05, 3.63) is 71.4 Å². The SMILES string of the molecule is CCn1cc(CC(=O)NC(C)(C)Cc2ccccc2C)c2ccccc21. The quantitative estimate of drug-likeness (QED) is 0.691. The van der Waals surface area contributed by atoms with E-state index < -0.39 is 0 Å². The molecule has 1 amide bonds. The number of benzene rings is 2. The van der Waals surface area contributed by atoms with Gasteiger partial charge in [-0.1, -0.05) is 42.5 Å². The van der Waals surface area contributed by atoms with Gasteiger partial charge in [0.25, 0.3) is 0 Å². The van der Waals surface area contributed by atoms with Crippen LogP contribution in [0.5, 0.6) is 0 Å². The van der Waals surface area contributed by atoms with Gasteiger partial charge in [0.05, 0.1) is 6.42 Å². The molecule has 1 aromatic heterocycles. The van der Waals surface area contributed by atoms with Gasteiger partial charge >= 0.3 is 0 Å². The molecule has 26 heavy (non-hydrogen) atoms. The molecule has 3 heteroatoms. The minimum atomic E-state index is -0.285. The van der Waals surface area contributed by atoms with E-state index in [4.69, 9.17) is 0 Å². The van der Waals surface area contributed by atoms with Crippen LogP contribution in [-0.4, -0.2) is 16.0 Å². The Morgan fingerprint density at radius 3 is 2.46 bits per heavy atom. The average Bonchev–Trinajstić information content (AvgIpc) is 2.94. The van der Waals surface area contributed by atoms with E-state index in [1.165, 1.54) is 22.0 Å². The van der Waals surface area contributed by atoms with Crippen LogP contribution in [0.2, 0.25) is 0 Å². The van der Waals surface area contributed by atoms with Crippen molar-refractivity contribution < 1.29 is 4.79 Å². The summed E-state index contributed by atoms with van der Waals surface area (Å²) < 4.78 is 2.20. The molecule has 0 radical (unpaired) electrons. The van der Waals surface area contributed by atoms with Crippen molar-refractivity contribution in [2.75, 3.05) is 0 Å². The van der Waals surface area contributed by atoms with Gasteiger partial charge < -0.3 is 9.88 Å². The van der Waals surface area contributed by atoms with Crippen molar-refractivity contribution in [1.29, 1.82) is 0 Å². The molecule has 1 N–H and O–H groups in total. The summed E-state index contributed by atoms with van der Waals surface area (Å²) in [6.45, 7) is 9.33. The Labute approximate surface area is 156 Å². The lowest BCUT2D eigenvalue weighted by atomic mass is 9.92. The first-order valence-electron chi connectivity index (χ1n) is 9.32. The predicted molar refractivity (Wildman–Crippen MR) is 108 cm³/mol. The van der Waals surface area contributed by atoms with Gasteiger partial charge in [0.15, 0.2) is 0 Å². The molecule has 0 aliphatic rings. The Hall–Kier alpha value is -2.55. The number of hydrogen-bond donors (Lipinski definition) is 1. The second-order valence-corrected chi connectivity index (χ2v) is 7.67. The third kappa shape index (κ3) is 3.98. The van der Waals surface area contributed by atoms with Gasteiger partial charge in [0.2, 0.25) is 5.91 Å². The number of fused-ring (bicyclic) bond motifs is 1. The van der Waals surface area contributed by atoms with E-state index in [0.717, 1.165) is 18.5 Å². The highest BCUT2D eigenvalue weighted by Gasteiger charge is 2.22. The lowest BCUT2D eigenvalue weighted by Crippen LogP contribution is -2.45. The summed E-state index contributed by atoms with van der Waals surface area (Å²) in [6.07, 6.45) is 3.34. The number of amides is 1. The maximum absolute atomic E-state index is 12.7. The number of nitrogens with zero attached hydrogens (tertiary/aromatic N) is 1. The van der Waals surface area contributed by atoms with Gasteiger partial charge in [-0.05, 0) is 56.9 Å². The maximum atomic E-state index is 12.7. The lowest BCUT2D eigenvalue weighted by Gasteiger charge is -2.27. The van der Waals surface area contributed by atoms with E-state index in [1.807, 2.05) is 18.2 Å². The van der Waals surface area contributed by atoms with Crippen LogP contribution in [0.25, 0.3) is 10.9 Å². The first kappa shape index (κ1) is 18.2. The second-order valence-electron chi connectivity index (χ2n) is 7.67. The van der Waals surface area contributed by atoms with Gasteiger partial charge in [0.1, 0.15) is 0 Å². The molecule has 0 saturated heterocycles. The van der Waals surface area contributed by atoms with Crippen LogP contribution in [-0.2, 0) is 24.2 Å². The summed E-state index contributed by atoms with van der Waals surface area (Å²) in [5, 5.41) is 4.39. The van der Waals surface area contributed by atoms with Gasteiger partial charge in [0, 0.05) is 29.2 Å². The number of rotatable bonds is 6. The molecular formula is C23H28N2O. The predicted octanol–water partition coefficient (Wildman–Crippen LogP) is 4.65. The first-order chi connectivity index (χ1) is 12.4. The Balaban J connectivity index is 1.73.